The van der Waals surface area contributed by atoms with Gasteiger partial charge in [0.15, 0.2) is 0 Å². The molecule has 6 heteroatoms. The molecular formula is C12H17BrN2O2S. The lowest BCUT2D eigenvalue weighted by Gasteiger charge is -2.35. The lowest BCUT2D eigenvalue weighted by molar-refractivity contribution is -0.138. The maximum atomic E-state index is 10.8. The van der Waals surface area contributed by atoms with Crippen LogP contribution in [-0.4, -0.2) is 41.7 Å². The summed E-state index contributed by atoms with van der Waals surface area (Å²) in [4.78, 5) is 12.7. The summed E-state index contributed by atoms with van der Waals surface area (Å²) in [7, 11) is 0. The van der Waals surface area contributed by atoms with Gasteiger partial charge in [-0.25, -0.2) is 0 Å². The van der Waals surface area contributed by atoms with Crippen LogP contribution in [0.25, 0.3) is 0 Å². The molecule has 0 spiro atoms. The molecule has 1 aromatic rings. The summed E-state index contributed by atoms with van der Waals surface area (Å²) in [5, 5.41) is 11.0. The largest absolute Gasteiger partial charge is 0.480 e. The van der Waals surface area contributed by atoms with Gasteiger partial charge < -0.3 is 10.8 Å². The minimum atomic E-state index is -0.777. The predicted molar refractivity (Wildman–Crippen MR) is 75.9 cm³/mol. The van der Waals surface area contributed by atoms with Gasteiger partial charge in [-0.1, -0.05) is 0 Å². The molecule has 0 bridgehead atoms. The quantitative estimate of drug-likeness (QED) is 0.882. The molecule has 0 saturated carbocycles. The first-order chi connectivity index (χ1) is 8.52. The Morgan fingerprint density at radius 3 is 3.00 bits per heavy atom. The molecule has 0 radical (unpaired) electrons. The summed E-state index contributed by atoms with van der Waals surface area (Å²) in [6.07, 6.45) is 1.95. The van der Waals surface area contributed by atoms with Gasteiger partial charge in [0, 0.05) is 19.1 Å². The highest BCUT2D eigenvalue weighted by Crippen LogP contribution is 2.26. The zero-order valence-corrected chi connectivity index (χ0v) is 12.4. The zero-order valence-electron chi connectivity index (χ0n) is 10.0. The van der Waals surface area contributed by atoms with Crippen LogP contribution in [-0.2, 0) is 11.2 Å². The van der Waals surface area contributed by atoms with Gasteiger partial charge >= 0.3 is 5.97 Å². The number of halogens is 1. The highest BCUT2D eigenvalue weighted by Gasteiger charge is 2.26. The van der Waals surface area contributed by atoms with E-state index >= 15 is 0 Å². The first-order valence-electron chi connectivity index (χ1n) is 5.95. The number of piperidine rings is 1. The van der Waals surface area contributed by atoms with Crippen molar-refractivity contribution < 1.29 is 9.90 Å². The van der Waals surface area contributed by atoms with Crippen molar-refractivity contribution in [3.8, 4) is 0 Å². The maximum absolute atomic E-state index is 10.8. The van der Waals surface area contributed by atoms with Crippen LogP contribution in [0, 0.1) is 5.92 Å². The smallest absolute Gasteiger partial charge is 0.317 e. The number of carboxylic acids is 1. The van der Waals surface area contributed by atoms with Crippen molar-refractivity contribution >= 4 is 33.2 Å². The second-order valence-electron chi connectivity index (χ2n) is 4.91. The van der Waals surface area contributed by atoms with Crippen LogP contribution in [0.3, 0.4) is 0 Å². The van der Waals surface area contributed by atoms with Crippen LogP contribution in [0.2, 0.25) is 0 Å². The number of nitrogens with two attached hydrogens (primary N) is 1. The summed E-state index contributed by atoms with van der Waals surface area (Å²) in [5.74, 6) is -0.323. The van der Waals surface area contributed by atoms with E-state index < -0.39 is 5.97 Å². The van der Waals surface area contributed by atoms with Gasteiger partial charge in [0.2, 0.25) is 0 Å². The van der Waals surface area contributed by atoms with Gasteiger partial charge in [-0.15, -0.1) is 11.3 Å². The summed E-state index contributed by atoms with van der Waals surface area (Å²) in [5.41, 5.74) is 7.32. The molecule has 3 N–H and O–H groups in total. The lowest BCUT2D eigenvalue weighted by atomic mass is 9.90. The van der Waals surface area contributed by atoms with Gasteiger partial charge in [-0.2, -0.15) is 0 Å². The monoisotopic (exact) mass is 332 g/mol. The molecule has 1 aliphatic rings. The van der Waals surface area contributed by atoms with Crippen LogP contribution >= 0.6 is 27.3 Å². The molecule has 2 atom stereocenters. The lowest BCUT2D eigenvalue weighted by Crippen LogP contribution is -2.49. The number of carbonyl (C=O) groups is 1. The normalized spacial score (nSPS) is 25.2. The van der Waals surface area contributed by atoms with E-state index in [0.717, 1.165) is 23.2 Å². The van der Waals surface area contributed by atoms with Crippen molar-refractivity contribution in [2.75, 3.05) is 19.6 Å². The Labute approximate surface area is 119 Å². The van der Waals surface area contributed by atoms with Crippen LogP contribution in [0.1, 0.15) is 12.0 Å². The molecular weight excluding hydrogens is 316 g/mol. The molecule has 0 aromatic carbocycles. The molecule has 1 saturated heterocycles. The van der Waals surface area contributed by atoms with Gasteiger partial charge in [-0.3, -0.25) is 9.69 Å². The Morgan fingerprint density at radius 1 is 1.61 bits per heavy atom. The number of thiophene rings is 1. The Morgan fingerprint density at radius 2 is 2.39 bits per heavy atom. The fourth-order valence-electron chi connectivity index (χ4n) is 2.60. The Hall–Kier alpha value is -0.430. The third kappa shape index (κ3) is 4.05. The molecule has 18 heavy (non-hydrogen) atoms. The summed E-state index contributed by atoms with van der Waals surface area (Å²) in [6.45, 7) is 1.61. The van der Waals surface area contributed by atoms with Crippen LogP contribution in [0.5, 0.6) is 0 Å². The number of hydrogen-bond acceptors (Lipinski definition) is 4. The van der Waals surface area contributed by atoms with Crippen LogP contribution < -0.4 is 5.73 Å². The molecule has 4 nitrogen and oxygen atoms in total. The van der Waals surface area contributed by atoms with Crippen molar-refractivity contribution in [2.24, 2.45) is 11.7 Å². The summed E-state index contributed by atoms with van der Waals surface area (Å²) < 4.78 is 1.14. The van der Waals surface area contributed by atoms with Crippen molar-refractivity contribution in [3.05, 3.63) is 20.8 Å². The highest BCUT2D eigenvalue weighted by molar-refractivity contribution is 9.11. The van der Waals surface area contributed by atoms with E-state index in [1.165, 1.54) is 5.56 Å². The molecule has 2 heterocycles. The number of likely N-dealkylation sites (tertiary alicyclic amines) is 1. The number of aliphatic carboxylic acids is 1. The highest BCUT2D eigenvalue weighted by atomic mass is 79.9. The molecule has 0 amide bonds. The van der Waals surface area contributed by atoms with Crippen molar-refractivity contribution in [2.45, 2.75) is 18.9 Å². The molecule has 2 unspecified atom stereocenters. The second-order valence-corrected chi connectivity index (χ2v) is 7.20. The predicted octanol–water partition coefficient (Wildman–Crippen LogP) is 1.79. The van der Waals surface area contributed by atoms with Crippen molar-refractivity contribution in [3.63, 3.8) is 0 Å². The molecule has 0 aliphatic carbocycles. The molecule has 1 aromatic heterocycles. The number of rotatable bonds is 4. The number of hydrogen-bond donors (Lipinski definition) is 2. The van der Waals surface area contributed by atoms with E-state index in [1.807, 2.05) is 4.90 Å². The van der Waals surface area contributed by atoms with Crippen molar-refractivity contribution in [1.29, 1.82) is 0 Å². The fourth-order valence-corrected chi connectivity index (χ4v) is 3.83. The number of carboxylic acid groups (broad SMARTS) is 1. The average molecular weight is 333 g/mol. The fraction of sp³-hybridized carbons (Fsp3) is 0.583. The molecule has 100 valence electrons. The standard InChI is InChI=1S/C12H17BrN2O2S/c13-11-3-9(7-18-11)1-8-2-10(14)5-15(4-8)6-12(16)17/h3,7-8,10H,1-2,4-6,14H2,(H,16,17). The molecule has 1 aliphatic heterocycles. The Balaban J connectivity index is 1.93. The molecule has 1 fully saturated rings. The van der Waals surface area contributed by atoms with E-state index in [0.29, 0.717) is 12.5 Å². The zero-order chi connectivity index (χ0) is 13.1. The van der Waals surface area contributed by atoms with Gasteiger partial charge in [0.1, 0.15) is 0 Å². The molecule has 2 rings (SSSR count). The van der Waals surface area contributed by atoms with E-state index in [1.54, 1.807) is 11.3 Å². The van der Waals surface area contributed by atoms with E-state index in [2.05, 4.69) is 27.4 Å². The maximum Gasteiger partial charge on any atom is 0.317 e. The van der Waals surface area contributed by atoms with E-state index in [4.69, 9.17) is 10.8 Å². The van der Waals surface area contributed by atoms with Crippen LogP contribution in [0.15, 0.2) is 15.2 Å². The van der Waals surface area contributed by atoms with Crippen molar-refractivity contribution in [1.82, 2.24) is 4.90 Å². The van der Waals surface area contributed by atoms with E-state index in [9.17, 15) is 4.79 Å². The topological polar surface area (TPSA) is 66.6 Å². The third-order valence-electron chi connectivity index (χ3n) is 3.15. The average Bonchev–Trinajstić information content (AvgIpc) is 2.61. The first kappa shape index (κ1) is 14.0. The SMILES string of the molecule is NC1CC(Cc2csc(Br)c2)CN(CC(=O)O)C1. The first-order valence-corrected chi connectivity index (χ1v) is 7.63. The summed E-state index contributed by atoms with van der Waals surface area (Å²) in [6, 6.07) is 2.22. The van der Waals surface area contributed by atoms with E-state index in [-0.39, 0.29) is 12.6 Å². The van der Waals surface area contributed by atoms with Gasteiger partial charge in [-0.05, 0) is 51.7 Å². The van der Waals surface area contributed by atoms with Crippen LogP contribution in [0.4, 0.5) is 0 Å². The second kappa shape index (κ2) is 6.14. The minimum absolute atomic E-state index is 0.0881. The Kier molecular flexibility index (Phi) is 4.77. The summed E-state index contributed by atoms with van der Waals surface area (Å²) >= 11 is 5.14. The Bertz CT molecular complexity index is 424. The van der Waals surface area contributed by atoms with Gasteiger partial charge in [0.05, 0.1) is 10.3 Å². The van der Waals surface area contributed by atoms with Gasteiger partial charge in [0.25, 0.3) is 0 Å². The minimum Gasteiger partial charge on any atom is -0.480 e. The third-order valence-corrected chi connectivity index (χ3v) is 4.70. The number of nitrogens with zero attached hydrogens (tertiary/aromatic N) is 1.